The summed E-state index contributed by atoms with van der Waals surface area (Å²) in [6, 6.07) is 14.6. The van der Waals surface area contributed by atoms with E-state index in [0.717, 1.165) is 0 Å². The molecule has 0 bridgehead atoms. The first-order valence-corrected chi connectivity index (χ1v) is 9.56. The summed E-state index contributed by atoms with van der Waals surface area (Å²) in [4.78, 5) is 49.5. The zero-order valence-electron chi connectivity index (χ0n) is 16.9. The van der Waals surface area contributed by atoms with Gasteiger partial charge in [-0.05, 0) is 35.0 Å². The number of benzene rings is 4. The van der Waals surface area contributed by atoms with Gasteiger partial charge in [0.15, 0.2) is 0 Å². The van der Waals surface area contributed by atoms with Crippen molar-refractivity contribution in [1.29, 1.82) is 0 Å². The van der Waals surface area contributed by atoms with Gasteiger partial charge in [0, 0.05) is 22.1 Å². The van der Waals surface area contributed by atoms with Crippen LogP contribution < -0.4 is 11.5 Å². The molecule has 0 heterocycles. The highest BCUT2D eigenvalue weighted by Gasteiger charge is 2.26. The minimum Gasteiger partial charge on any atom is -0.478 e. The number of anilines is 2. The van der Waals surface area contributed by atoms with Crippen LogP contribution in [0.15, 0.2) is 60.7 Å². The van der Waals surface area contributed by atoms with Crippen molar-refractivity contribution in [1.82, 2.24) is 0 Å². The van der Waals surface area contributed by atoms with Crippen LogP contribution in [-0.2, 0) is 4.74 Å². The van der Waals surface area contributed by atoms with Crippen LogP contribution in [0.3, 0.4) is 0 Å². The van der Waals surface area contributed by atoms with Crippen LogP contribution in [0.25, 0.3) is 21.5 Å². The Morgan fingerprint density at radius 1 is 0.606 bits per heavy atom. The highest BCUT2D eigenvalue weighted by atomic mass is 16.6. The van der Waals surface area contributed by atoms with Crippen LogP contribution in [0.2, 0.25) is 0 Å². The molecule has 0 atom stereocenters. The fraction of sp³-hybridized carbons (Fsp3) is 0. The quantitative estimate of drug-likeness (QED) is 0.209. The molecule has 0 aromatic heterocycles. The maximum absolute atomic E-state index is 13.0. The molecule has 0 unspecified atom stereocenters. The number of nitrogens with two attached hydrogens (primary N) is 2. The summed E-state index contributed by atoms with van der Waals surface area (Å²) in [5.41, 5.74) is 10.7. The highest BCUT2D eigenvalue weighted by molar-refractivity contribution is 6.21. The van der Waals surface area contributed by atoms with Gasteiger partial charge in [-0.25, -0.2) is 19.2 Å². The topological polar surface area (TPSA) is 170 Å². The minimum atomic E-state index is -1.30. The molecule has 0 amide bonds. The second kappa shape index (κ2) is 7.97. The Morgan fingerprint density at radius 2 is 1.00 bits per heavy atom. The monoisotopic (exact) mass is 444 g/mol. The Morgan fingerprint density at radius 3 is 1.36 bits per heavy atom. The molecule has 0 radical (unpaired) electrons. The molecule has 0 fully saturated rings. The number of aromatic carboxylic acids is 2. The van der Waals surface area contributed by atoms with E-state index in [9.17, 15) is 29.4 Å². The van der Waals surface area contributed by atoms with Gasteiger partial charge in [0.25, 0.3) is 0 Å². The lowest BCUT2D eigenvalue weighted by Crippen LogP contribution is -2.18. The van der Waals surface area contributed by atoms with Crippen molar-refractivity contribution in [2.45, 2.75) is 0 Å². The predicted molar refractivity (Wildman–Crippen MR) is 120 cm³/mol. The maximum atomic E-state index is 13.0. The number of nitrogen functional groups attached to an aromatic ring is 2. The summed E-state index contributed by atoms with van der Waals surface area (Å²) in [6.45, 7) is 0. The van der Waals surface area contributed by atoms with Gasteiger partial charge in [-0.3, -0.25) is 0 Å². The smallest absolute Gasteiger partial charge is 0.348 e. The van der Waals surface area contributed by atoms with Crippen molar-refractivity contribution < 1.29 is 34.1 Å². The summed E-state index contributed by atoms with van der Waals surface area (Å²) in [5, 5.41) is 19.9. The highest BCUT2D eigenvalue weighted by Crippen LogP contribution is 2.31. The molecular weight excluding hydrogens is 428 g/mol. The van der Waals surface area contributed by atoms with E-state index in [1.165, 1.54) is 48.5 Å². The average Bonchev–Trinajstić information content (AvgIpc) is 2.77. The van der Waals surface area contributed by atoms with Crippen molar-refractivity contribution in [3.05, 3.63) is 82.9 Å². The number of carbonyl (C=O) groups is 4. The van der Waals surface area contributed by atoms with Gasteiger partial charge in [0.05, 0.1) is 22.3 Å². The zero-order chi connectivity index (χ0) is 23.9. The van der Waals surface area contributed by atoms with Crippen molar-refractivity contribution in [2.24, 2.45) is 0 Å². The van der Waals surface area contributed by atoms with Gasteiger partial charge < -0.3 is 26.4 Å². The molecule has 9 nitrogen and oxygen atoms in total. The van der Waals surface area contributed by atoms with Crippen LogP contribution in [0.4, 0.5) is 11.4 Å². The second-order valence-electron chi connectivity index (χ2n) is 7.15. The molecule has 9 heteroatoms. The van der Waals surface area contributed by atoms with Gasteiger partial charge in [-0.1, -0.05) is 36.4 Å². The Bertz CT molecular complexity index is 1400. The van der Waals surface area contributed by atoms with Crippen molar-refractivity contribution >= 4 is 56.8 Å². The number of ether oxygens (including phenoxy) is 1. The summed E-state index contributed by atoms with van der Waals surface area (Å²) < 4.78 is 5.05. The number of carboxylic acid groups (broad SMARTS) is 2. The number of carboxylic acids is 2. The van der Waals surface area contributed by atoms with E-state index in [1.54, 1.807) is 12.1 Å². The summed E-state index contributed by atoms with van der Waals surface area (Å²) in [6.07, 6.45) is 0. The van der Waals surface area contributed by atoms with Crippen LogP contribution in [-0.4, -0.2) is 34.1 Å². The fourth-order valence-electron chi connectivity index (χ4n) is 3.77. The molecule has 4 aromatic carbocycles. The summed E-state index contributed by atoms with van der Waals surface area (Å²) in [5.74, 6) is -4.98. The van der Waals surface area contributed by atoms with Gasteiger partial charge >= 0.3 is 23.9 Å². The molecule has 0 aliphatic carbocycles. The Labute approximate surface area is 185 Å². The van der Waals surface area contributed by atoms with E-state index in [0.29, 0.717) is 10.8 Å². The van der Waals surface area contributed by atoms with E-state index in [1.807, 2.05) is 0 Å². The lowest BCUT2D eigenvalue weighted by Gasteiger charge is -2.14. The van der Waals surface area contributed by atoms with Crippen molar-refractivity contribution in [3.8, 4) is 0 Å². The van der Waals surface area contributed by atoms with Crippen LogP contribution in [0.5, 0.6) is 0 Å². The molecule has 0 spiro atoms. The predicted octanol–water partition coefficient (Wildman–Crippen LogP) is 3.55. The first-order valence-electron chi connectivity index (χ1n) is 9.56. The standard InChI is InChI=1S/C24H16N2O7/c25-15-9-7-11-3-1-5-13(21(27)28)17(11)19(15)23(31)33-24(32)20-16(26)10-8-12-4-2-6-14(18(12)20)22(29)30/h1-10H,25-26H2,(H,27,28)(H,29,30). The first-order chi connectivity index (χ1) is 15.7. The molecule has 0 aliphatic heterocycles. The van der Waals surface area contributed by atoms with Gasteiger partial charge in [-0.2, -0.15) is 0 Å². The Kier molecular flexibility index (Phi) is 5.15. The van der Waals surface area contributed by atoms with Crippen molar-refractivity contribution in [3.63, 3.8) is 0 Å². The first kappa shape index (κ1) is 21.3. The lowest BCUT2D eigenvalue weighted by molar-refractivity contribution is 0.0402. The molecule has 33 heavy (non-hydrogen) atoms. The number of hydrogen-bond donors (Lipinski definition) is 4. The van der Waals surface area contributed by atoms with E-state index >= 15 is 0 Å². The number of esters is 2. The third-order valence-corrected chi connectivity index (χ3v) is 5.21. The zero-order valence-corrected chi connectivity index (χ0v) is 16.9. The van der Waals surface area contributed by atoms with E-state index < -0.39 is 23.9 Å². The van der Waals surface area contributed by atoms with Crippen molar-refractivity contribution in [2.75, 3.05) is 11.5 Å². The Hall–Kier alpha value is -4.92. The molecule has 0 saturated carbocycles. The summed E-state index contributed by atoms with van der Waals surface area (Å²) in [7, 11) is 0. The molecule has 4 aromatic rings. The van der Waals surface area contributed by atoms with E-state index in [2.05, 4.69) is 0 Å². The SMILES string of the molecule is Nc1ccc2cccc(C(=O)O)c2c1C(=O)OC(=O)c1c(N)ccc2cccc(C(=O)O)c12. The summed E-state index contributed by atoms with van der Waals surface area (Å²) >= 11 is 0. The van der Waals surface area contributed by atoms with Gasteiger partial charge in [0.2, 0.25) is 0 Å². The molecule has 0 saturated heterocycles. The third kappa shape index (κ3) is 3.57. The van der Waals surface area contributed by atoms with E-state index in [-0.39, 0.29) is 44.4 Å². The maximum Gasteiger partial charge on any atom is 0.348 e. The fourth-order valence-corrected chi connectivity index (χ4v) is 3.77. The average molecular weight is 444 g/mol. The number of fused-ring (bicyclic) bond motifs is 2. The second-order valence-corrected chi connectivity index (χ2v) is 7.15. The lowest BCUT2D eigenvalue weighted by atomic mass is 9.97. The minimum absolute atomic E-state index is 0.0138. The molecule has 4 rings (SSSR count). The number of rotatable bonds is 4. The third-order valence-electron chi connectivity index (χ3n) is 5.21. The van der Waals surface area contributed by atoms with Crippen LogP contribution >= 0.6 is 0 Å². The molecule has 0 aliphatic rings. The normalized spacial score (nSPS) is 10.8. The largest absolute Gasteiger partial charge is 0.478 e. The molecule has 164 valence electrons. The van der Waals surface area contributed by atoms with Crippen LogP contribution in [0, 0.1) is 0 Å². The Balaban J connectivity index is 1.86. The van der Waals surface area contributed by atoms with Gasteiger partial charge in [-0.15, -0.1) is 0 Å². The van der Waals surface area contributed by atoms with E-state index in [4.69, 9.17) is 16.2 Å². The number of hydrogen-bond acceptors (Lipinski definition) is 7. The molecule has 6 N–H and O–H groups in total. The van der Waals surface area contributed by atoms with Crippen LogP contribution in [0.1, 0.15) is 41.4 Å². The number of carbonyl (C=O) groups excluding carboxylic acids is 2. The molecular formula is C24H16N2O7. The van der Waals surface area contributed by atoms with Gasteiger partial charge in [0.1, 0.15) is 0 Å².